The van der Waals surface area contributed by atoms with Gasteiger partial charge in [0.05, 0.1) is 5.52 Å². The first-order valence-corrected chi connectivity index (χ1v) is 6.95. The standard InChI is InChI=1S/C14H10N4OS/c15-10-7-13-16-17-14(19)18(13)11-6-8(3-4-9(10)11)12-2-1-5-20-12/h1-7H,15H2,(H,17,19). The summed E-state index contributed by atoms with van der Waals surface area (Å²) in [5, 5.41) is 9.30. The van der Waals surface area contributed by atoms with Crippen LogP contribution in [0.4, 0.5) is 5.69 Å². The van der Waals surface area contributed by atoms with Crippen molar-refractivity contribution in [1.82, 2.24) is 14.6 Å². The molecule has 0 saturated heterocycles. The molecule has 98 valence electrons. The summed E-state index contributed by atoms with van der Waals surface area (Å²) in [4.78, 5) is 13.1. The minimum atomic E-state index is -0.256. The maximum atomic E-state index is 11.9. The first-order valence-electron chi connectivity index (χ1n) is 6.07. The Kier molecular flexibility index (Phi) is 2.22. The molecule has 0 radical (unpaired) electrons. The number of pyridine rings is 1. The zero-order valence-corrected chi connectivity index (χ0v) is 11.1. The first-order chi connectivity index (χ1) is 9.74. The number of H-pyrrole nitrogens is 1. The Bertz CT molecular complexity index is 982. The quantitative estimate of drug-likeness (QED) is 0.563. The molecule has 0 fully saturated rings. The summed E-state index contributed by atoms with van der Waals surface area (Å²) < 4.78 is 1.54. The van der Waals surface area contributed by atoms with Crippen LogP contribution >= 0.6 is 11.3 Å². The molecule has 0 aliphatic heterocycles. The number of rotatable bonds is 1. The summed E-state index contributed by atoms with van der Waals surface area (Å²) in [5.41, 5.74) is 8.75. The van der Waals surface area contributed by atoms with E-state index in [4.69, 9.17) is 5.73 Å². The molecule has 4 aromatic rings. The molecule has 0 saturated carbocycles. The van der Waals surface area contributed by atoms with Crippen molar-refractivity contribution in [1.29, 1.82) is 0 Å². The molecule has 4 rings (SSSR count). The van der Waals surface area contributed by atoms with Gasteiger partial charge in [-0.25, -0.2) is 14.3 Å². The van der Waals surface area contributed by atoms with Crippen LogP contribution in [-0.4, -0.2) is 14.6 Å². The van der Waals surface area contributed by atoms with Crippen molar-refractivity contribution in [3.05, 3.63) is 52.3 Å². The molecule has 0 aliphatic carbocycles. The molecule has 0 aliphatic rings. The van der Waals surface area contributed by atoms with E-state index in [9.17, 15) is 4.79 Å². The van der Waals surface area contributed by atoms with Gasteiger partial charge in [0.1, 0.15) is 0 Å². The van der Waals surface area contributed by atoms with Gasteiger partial charge < -0.3 is 5.73 Å². The molecule has 20 heavy (non-hydrogen) atoms. The fourth-order valence-corrected chi connectivity index (χ4v) is 3.14. The number of nitrogens with zero attached hydrogens (tertiary/aromatic N) is 2. The lowest BCUT2D eigenvalue weighted by Crippen LogP contribution is -2.10. The second kappa shape index (κ2) is 3.94. The highest BCUT2D eigenvalue weighted by atomic mass is 32.1. The highest BCUT2D eigenvalue weighted by Gasteiger charge is 2.10. The van der Waals surface area contributed by atoms with Crippen molar-refractivity contribution in [3.63, 3.8) is 0 Å². The molecule has 0 amide bonds. The number of hydrogen-bond donors (Lipinski definition) is 2. The Morgan fingerprint density at radius 2 is 2.15 bits per heavy atom. The third-order valence-corrected chi connectivity index (χ3v) is 4.26. The van der Waals surface area contributed by atoms with E-state index in [0.717, 1.165) is 21.3 Å². The van der Waals surface area contributed by atoms with Crippen molar-refractivity contribution in [2.24, 2.45) is 0 Å². The average Bonchev–Trinajstić information content (AvgIpc) is 3.09. The summed E-state index contributed by atoms with van der Waals surface area (Å²) in [6.45, 7) is 0. The largest absolute Gasteiger partial charge is 0.398 e. The zero-order chi connectivity index (χ0) is 13.7. The van der Waals surface area contributed by atoms with Gasteiger partial charge in [0.25, 0.3) is 0 Å². The molecule has 0 bridgehead atoms. The third-order valence-electron chi connectivity index (χ3n) is 3.34. The van der Waals surface area contributed by atoms with Gasteiger partial charge in [0.15, 0.2) is 5.65 Å². The monoisotopic (exact) mass is 282 g/mol. The van der Waals surface area contributed by atoms with Crippen molar-refractivity contribution in [2.75, 3.05) is 5.73 Å². The number of aromatic amines is 1. The molecule has 3 N–H and O–H groups in total. The maximum absolute atomic E-state index is 11.9. The summed E-state index contributed by atoms with van der Waals surface area (Å²) in [6.07, 6.45) is 0. The van der Waals surface area contributed by atoms with E-state index in [0.29, 0.717) is 11.3 Å². The highest BCUT2D eigenvalue weighted by Crippen LogP contribution is 2.30. The summed E-state index contributed by atoms with van der Waals surface area (Å²) in [7, 11) is 0. The Hall–Kier alpha value is -2.60. The lowest BCUT2D eigenvalue weighted by Gasteiger charge is -2.06. The van der Waals surface area contributed by atoms with Gasteiger partial charge >= 0.3 is 5.69 Å². The van der Waals surface area contributed by atoms with Crippen molar-refractivity contribution in [3.8, 4) is 10.4 Å². The molecular weight excluding hydrogens is 272 g/mol. The number of hydrogen-bond acceptors (Lipinski definition) is 4. The van der Waals surface area contributed by atoms with Gasteiger partial charge in [-0.05, 0) is 23.1 Å². The van der Waals surface area contributed by atoms with E-state index in [1.54, 1.807) is 21.8 Å². The number of nitrogens with one attached hydrogen (secondary N) is 1. The molecule has 3 heterocycles. The van der Waals surface area contributed by atoms with E-state index in [1.807, 2.05) is 35.7 Å². The molecule has 3 aromatic heterocycles. The van der Waals surface area contributed by atoms with Gasteiger partial charge in [0, 0.05) is 22.0 Å². The van der Waals surface area contributed by atoms with Crippen LogP contribution < -0.4 is 11.4 Å². The third kappa shape index (κ3) is 1.48. The van der Waals surface area contributed by atoms with Crippen LogP contribution in [0, 0.1) is 0 Å². The highest BCUT2D eigenvalue weighted by molar-refractivity contribution is 7.13. The maximum Gasteiger partial charge on any atom is 0.348 e. The van der Waals surface area contributed by atoms with Crippen LogP contribution in [0.1, 0.15) is 0 Å². The summed E-state index contributed by atoms with van der Waals surface area (Å²) in [6, 6.07) is 11.7. The Morgan fingerprint density at radius 3 is 2.95 bits per heavy atom. The Morgan fingerprint density at radius 1 is 1.25 bits per heavy atom. The van der Waals surface area contributed by atoms with Crippen LogP contribution in [0.15, 0.2) is 46.6 Å². The number of aromatic nitrogens is 3. The predicted octanol–water partition coefficient (Wildman–Crippen LogP) is 2.49. The van der Waals surface area contributed by atoms with Crippen molar-refractivity contribution in [2.45, 2.75) is 0 Å². The second-order valence-electron chi connectivity index (χ2n) is 4.53. The summed E-state index contributed by atoms with van der Waals surface area (Å²) >= 11 is 1.66. The molecule has 6 heteroatoms. The second-order valence-corrected chi connectivity index (χ2v) is 5.48. The van der Waals surface area contributed by atoms with Crippen molar-refractivity contribution < 1.29 is 0 Å². The van der Waals surface area contributed by atoms with Gasteiger partial charge in [-0.3, -0.25) is 0 Å². The van der Waals surface area contributed by atoms with Crippen molar-refractivity contribution >= 4 is 33.6 Å². The molecule has 5 nitrogen and oxygen atoms in total. The predicted molar refractivity (Wildman–Crippen MR) is 81.0 cm³/mol. The number of thiophene rings is 1. The van der Waals surface area contributed by atoms with Gasteiger partial charge in [-0.1, -0.05) is 18.2 Å². The van der Waals surface area contributed by atoms with Crippen LogP contribution in [0.25, 0.3) is 27.0 Å². The van der Waals surface area contributed by atoms with Gasteiger partial charge in [-0.15, -0.1) is 11.3 Å². The molecule has 0 spiro atoms. The number of nitrogens with two attached hydrogens (primary N) is 1. The van der Waals surface area contributed by atoms with Gasteiger partial charge in [-0.2, -0.15) is 5.10 Å². The number of benzene rings is 1. The number of nitrogen functional groups attached to an aromatic ring is 1. The molecular formula is C14H10N4OS. The minimum absolute atomic E-state index is 0.256. The van der Waals surface area contributed by atoms with E-state index in [1.165, 1.54) is 0 Å². The topological polar surface area (TPSA) is 76.2 Å². The summed E-state index contributed by atoms with van der Waals surface area (Å²) in [5.74, 6) is 0. The SMILES string of the molecule is Nc1cc2n[nH]c(=O)n2c2cc(-c3cccs3)ccc12. The number of fused-ring (bicyclic) bond motifs is 3. The first kappa shape index (κ1) is 11.2. The van der Waals surface area contributed by atoms with Crippen LogP contribution in [-0.2, 0) is 0 Å². The lowest BCUT2D eigenvalue weighted by atomic mass is 10.1. The van der Waals surface area contributed by atoms with E-state index < -0.39 is 0 Å². The molecule has 0 atom stereocenters. The lowest BCUT2D eigenvalue weighted by molar-refractivity contribution is 1.04. The van der Waals surface area contributed by atoms with E-state index in [2.05, 4.69) is 10.2 Å². The fourth-order valence-electron chi connectivity index (χ4n) is 2.41. The normalized spacial score (nSPS) is 11.4. The van der Waals surface area contributed by atoms with Gasteiger partial charge in [0.2, 0.25) is 0 Å². The average molecular weight is 282 g/mol. The molecule has 0 unspecified atom stereocenters. The van der Waals surface area contributed by atoms with Crippen LogP contribution in [0.3, 0.4) is 0 Å². The van der Waals surface area contributed by atoms with Crippen LogP contribution in [0.5, 0.6) is 0 Å². The zero-order valence-electron chi connectivity index (χ0n) is 10.3. The number of anilines is 1. The minimum Gasteiger partial charge on any atom is -0.398 e. The fraction of sp³-hybridized carbons (Fsp3) is 0. The molecule has 1 aromatic carbocycles. The smallest absolute Gasteiger partial charge is 0.348 e. The Labute approximate surface area is 117 Å². The van der Waals surface area contributed by atoms with Crippen LogP contribution in [0.2, 0.25) is 0 Å². The van der Waals surface area contributed by atoms with E-state index >= 15 is 0 Å². The van der Waals surface area contributed by atoms with E-state index in [-0.39, 0.29) is 5.69 Å². The Balaban J connectivity index is 2.17.